The Balaban J connectivity index is 2.35. The number of rotatable bonds is 6. The number of esters is 1. The van der Waals surface area contributed by atoms with Gasteiger partial charge >= 0.3 is 22.0 Å². The van der Waals surface area contributed by atoms with Gasteiger partial charge in [0.1, 0.15) is 5.75 Å². The van der Waals surface area contributed by atoms with Gasteiger partial charge in [0.15, 0.2) is 0 Å². The summed E-state index contributed by atoms with van der Waals surface area (Å²) in [7, 11) is -3.66. The Morgan fingerprint density at radius 3 is 2.07 bits per heavy atom. The highest BCUT2D eigenvalue weighted by molar-refractivity contribution is 7.86. The fourth-order valence-electron chi connectivity index (χ4n) is 2.10. The third-order valence-corrected chi connectivity index (χ3v) is 3.97. The topological polar surface area (TPSA) is 111 Å². The van der Waals surface area contributed by atoms with Gasteiger partial charge in [-0.3, -0.25) is 4.79 Å². The Morgan fingerprint density at radius 1 is 1.04 bits per heavy atom. The van der Waals surface area contributed by atoms with E-state index < -0.39 is 22.0 Å². The van der Waals surface area contributed by atoms with E-state index in [1.165, 1.54) is 12.1 Å². The van der Waals surface area contributed by atoms with E-state index in [4.69, 9.17) is 15.8 Å². The highest BCUT2D eigenvalue weighted by Gasteiger charge is 2.15. The molecule has 0 spiro atoms. The van der Waals surface area contributed by atoms with Gasteiger partial charge in [0, 0.05) is 16.1 Å². The first-order valence-electron chi connectivity index (χ1n) is 8.00. The van der Waals surface area contributed by atoms with Gasteiger partial charge in [-0.25, -0.2) is 10.2 Å². The molecule has 0 unspecified atom stereocenters. The van der Waals surface area contributed by atoms with E-state index in [1.807, 2.05) is 0 Å². The minimum absolute atomic E-state index is 0.0573. The van der Waals surface area contributed by atoms with Crippen LogP contribution in [-0.2, 0) is 24.4 Å². The van der Waals surface area contributed by atoms with Crippen LogP contribution < -0.4 is 9.61 Å². The fourth-order valence-corrected chi connectivity index (χ4v) is 2.68. The summed E-state index contributed by atoms with van der Waals surface area (Å²) < 4.78 is 31.8. The molecule has 0 saturated heterocycles. The number of amides is 1. The molecule has 0 aliphatic rings. The van der Waals surface area contributed by atoms with Gasteiger partial charge < -0.3 is 8.92 Å². The maximum atomic E-state index is 11.8. The monoisotopic (exact) mass is 424 g/mol. The summed E-state index contributed by atoms with van der Waals surface area (Å²) in [6.45, 7) is 1.63. The van der Waals surface area contributed by atoms with Crippen molar-refractivity contribution in [2.75, 3.05) is 12.9 Å². The number of nitrogens with one attached hydrogen (secondary N) is 1. The normalized spacial score (nSPS) is 11.6. The molecule has 8 nitrogen and oxygen atoms in total. The van der Waals surface area contributed by atoms with Crippen LogP contribution in [0.1, 0.15) is 18.1 Å². The minimum atomic E-state index is -3.66. The maximum absolute atomic E-state index is 11.8. The molecule has 1 amide bonds. The van der Waals surface area contributed by atoms with Gasteiger partial charge in [0.05, 0.1) is 18.6 Å². The fraction of sp³-hybridized carbons (Fsp3) is 0.167. The molecule has 148 valence electrons. The third-order valence-electron chi connectivity index (χ3n) is 3.22. The van der Waals surface area contributed by atoms with Crippen LogP contribution in [0.15, 0.2) is 53.6 Å². The van der Waals surface area contributed by atoms with Crippen LogP contribution in [0.25, 0.3) is 0 Å². The zero-order valence-corrected chi connectivity index (χ0v) is 16.6. The number of carbonyl (C=O) groups excluding carboxylic acids is 2. The maximum Gasteiger partial charge on any atom is 0.398 e. The number of halogens is 1. The van der Waals surface area contributed by atoms with Gasteiger partial charge in [-0.15, -0.1) is 0 Å². The van der Waals surface area contributed by atoms with Crippen molar-refractivity contribution >= 4 is 39.3 Å². The van der Waals surface area contributed by atoms with E-state index >= 15 is 0 Å². The van der Waals surface area contributed by atoms with Crippen LogP contribution in [0.5, 0.6) is 5.75 Å². The van der Waals surface area contributed by atoms with Crippen molar-refractivity contribution in [3.05, 3.63) is 64.7 Å². The van der Waals surface area contributed by atoms with Crippen molar-refractivity contribution in [3.63, 3.8) is 0 Å². The molecule has 0 aliphatic heterocycles. The predicted octanol–water partition coefficient (Wildman–Crippen LogP) is 2.11. The van der Waals surface area contributed by atoms with Crippen molar-refractivity contribution in [1.82, 2.24) is 5.43 Å². The highest BCUT2D eigenvalue weighted by Crippen LogP contribution is 2.18. The molecule has 0 aromatic heterocycles. The van der Waals surface area contributed by atoms with Crippen molar-refractivity contribution < 1.29 is 26.9 Å². The molecule has 0 bridgehead atoms. The Labute approximate surface area is 167 Å². The summed E-state index contributed by atoms with van der Waals surface area (Å²) in [5.41, 5.74) is 3.60. The van der Waals surface area contributed by atoms with E-state index in [9.17, 15) is 18.0 Å². The molecule has 1 N–H and O–H groups in total. The first-order chi connectivity index (χ1) is 13.2. The van der Waals surface area contributed by atoms with Crippen LogP contribution in [0.2, 0.25) is 5.02 Å². The van der Waals surface area contributed by atoms with Crippen LogP contribution in [0.3, 0.4) is 0 Å². The standard InChI is InChI=1S/C18H17ClN2O6S/c1-3-26-18(23)17(22)21-20-16(12-4-8-14(19)9-5-12)13-6-10-15(11-7-13)27-28(2,24)25/h4-11H,3H2,1-2H3,(H,21,22)/b20-16-. The lowest BCUT2D eigenvalue weighted by Gasteiger charge is -2.09. The van der Waals surface area contributed by atoms with E-state index in [0.717, 1.165) is 6.26 Å². The van der Waals surface area contributed by atoms with Crippen LogP contribution in [-0.4, -0.2) is 38.9 Å². The molecule has 0 saturated carbocycles. The number of benzene rings is 2. The summed E-state index contributed by atoms with van der Waals surface area (Å²) in [6, 6.07) is 12.6. The van der Waals surface area contributed by atoms with Crippen LogP contribution in [0.4, 0.5) is 0 Å². The number of nitrogens with zero attached hydrogens (tertiary/aromatic N) is 1. The van der Waals surface area contributed by atoms with Crippen molar-refractivity contribution in [3.8, 4) is 5.75 Å². The second-order valence-corrected chi connectivity index (χ2v) is 7.45. The average Bonchev–Trinajstić information content (AvgIpc) is 2.63. The molecular formula is C18H17ClN2O6S. The summed E-state index contributed by atoms with van der Waals surface area (Å²) in [4.78, 5) is 23.2. The van der Waals surface area contributed by atoms with Gasteiger partial charge in [0.25, 0.3) is 0 Å². The second kappa shape index (κ2) is 9.34. The van der Waals surface area contributed by atoms with Gasteiger partial charge in [0.2, 0.25) is 0 Å². The molecular weight excluding hydrogens is 408 g/mol. The van der Waals surface area contributed by atoms with Crippen molar-refractivity contribution in [2.45, 2.75) is 6.92 Å². The smallest absolute Gasteiger partial charge is 0.398 e. The molecule has 0 fully saturated rings. The van der Waals surface area contributed by atoms with Gasteiger partial charge in [-0.2, -0.15) is 13.5 Å². The molecule has 0 radical (unpaired) electrons. The first kappa shape index (κ1) is 21.4. The molecule has 10 heteroatoms. The Kier molecular flexibility index (Phi) is 7.13. The summed E-state index contributed by atoms with van der Waals surface area (Å²) in [5, 5.41) is 4.53. The van der Waals surface area contributed by atoms with Gasteiger partial charge in [-0.1, -0.05) is 23.7 Å². The number of hydrazone groups is 1. The Bertz CT molecular complexity index is 986. The second-order valence-electron chi connectivity index (χ2n) is 5.44. The van der Waals surface area contributed by atoms with Crippen molar-refractivity contribution in [2.24, 2.45) is 5.10 Å². The zero-order valence-electron chi connectivity index (χ0n) is 15.0. The summed E-state index contributed by atoms with van der Waals surface area (Å²) >= 11 is 5.90. The Hall–Kier alpha value is -2.91. The van der Waals surface area contributed by atoms with Crippen molar-refractivity contribution in [1.29, 1.82) is 0 Å². The lowest BCUT2D eigenvalue weighted by atomic mass is 10.0. The molecule has 28 heavy (non-hydrogen) atoms. The quantitative estimate of drug-likeness (QED) is 0.250. The first-order valence-corrected chi connectivity index (χ1v) is 10.2. The number of carbonyl (C=O) groups is 2. The predicted molar refractivity (Wildman–Crippen MR) is 104 cm³/mol. The molecule has 0 aliphatic carbocycles. The molecule has 2 rings (SSSR count). The summed E-state index contributed by atoms with van der Waals surface area (Å²) in [5.74, 6) is -1.96. The van der Waals surface area contributed by atoms with Gasteiger partial charge in [-0.05, 0) is 43.3 Å². The minimum Gasteiger partial charge on any atom is -0.459 e. The van der Waals surface area contributed by atoms with Crippen LogP contribution >= 0.6 is 11.6 Å². The number of hydrogen-bond donors (Lipinski definition) is 1. The van der Waals surface area contributed by atoms with E-state index in [-0.39, 0.29) is 12.4 Å². The average molecular weight is 425 g/mol. The molecule has 2 aromatic rings. The lowest BCUT2D eigenvalue weighted by Crippen LogP contribution is -2.30. The Morgan fingerprint density at radius 2 is 1.57 bits per heavy atom. The van der Waals surface area contributed by atoms with E-state index in [2.05, 4.69) is 15.3 Å². The lowest BCUT2D eigenvalue weighted by molar-refractivity contribution is -0.154. The SMILES string of the molecule is CCOC(=O)C(=O)N/N=C(/c1ccc(Cl)cc1)c1ccc(OS(C)(=O)=O)cc1. The van der Waals surface area contributed by atoms with E-state index in [0.29, 0.717) is 21.9 Å². The third kappa shape index (κ3) is 6.36. The largest absolute Gasteiger partial charge is 0.459 e. The number of hydrogen-bond acceptors (Lipinski definition) is 7. The summed E-state index contributed by atoms with van der Waals surface area (Å²) in [6.07, 6.45) is 0.937. The van der Waals surface area contributed by atoms with Crippen LogP contribution in [0, 0.1) is 0 Å². The van der Waals surface area contributed by atoms with E-state index in [1.54, 1.807) is 43.3 Å². The molecule has 0 atom stereocenters. The molecule has 2 aromatic carbocycles. The highest BCUT2D eigenvalue weighted by atomic mass is 35.5. The number of ether oxygens (including phenoxy) is 1. The molecule has 0 heterocycles. The zero-order chi connectivity index (χ0) is 20.7.